The summed E-state index contributed by atoms with van der Waals surface area (Å²) in [4.78, 5) is 23.7. The molecule has 0 spiro atoms. The molecule has 0 N–H and O–H groups in total. The van der Waals surface area contributed by atoms with Gasteiger partial charge in [-0.1, -0.05) is 0 Å². The standard InChI is InChI=1S/C8H7BN4O/c1-5-12-7-6(8(14)13(5)9)10-3-2-4-11-7/h2-3H,9H2,1H3. The van der Waals surface area contributed by atoms with Crippen LogP contribution < -0.4 is 5.56 Å². The molecule has 5 nitrogen and oxygen atoms in total. The van der Waals surface area contributed by atoms with E-state index in [0.29, 0.717) is 11.6 Å². The van der Waals surface area contributed by atoms with Crippen molar-refractivity contribution >= 4 is 31.6 Å². The molecule has 0 radical (unpaired) electrons. The molecule has 68 valence electrons. The van der Waals surface area contributed by atoms with Crippen molar-refractivity contribution < 1.29 is 0 Å². The summed E-state index contributed by atoms with van der Waals surface area (Å²) in [6, 6.07) is 0. The molecule has 1 aromatic rings. The van der Waals surface area contributed by atoms with Gasteiger partial charge in [0.05, 0.1) is 5.82 Å². The molecule has 1 aliphatic heterocycles. The summed E-state index contributed by atoms with van der Waals surface area (Å²) in [7, 11) is 1.66. The van der Waals surface area contributed by atoms with Gasteiger partial charge in [-0.2, -0.15) is 4.99 Å². The SMILES string of the molecule is Bn1c(C)nc2c(c1=O)N=CC=C=N2. The zero-order valence-corrected chi connectivity index (χ0v) is 7.85. The monoisotopic (exact) mass is 186 g/mol. The maximum atomic E-state index is 11.7. The van der Waals surface area contributed by atoms with E-state index < -0.39 is 0 Å². The molecule has 14 heavy (non-hydrogen) atoms. The van der Waals surface area contributed by atoms with E-state index in [2.05, 4.69) is 20.8 Å². The van der Waals surface area contributed by atoms with Gasteiger partial charge in [0.2, 0.25) is 7.98 Å². The van der Waals surface area contributed by atoms with Gasteiger partial charge < -0.3 is 4.48 Å². The van der Waals surface area contributed by atoms with Crippen molar-refractivity contribution in [2.75, 3.05) is 0 Å². The predicted octanol–water partition coefficient (Wildman–Crippen LogP) is -0.479. The molecule has 0 unspecified atom stereocenters. The van der Waals surface area contributed by atoms with Crippen LogP contribution >= 0.6 is 0 Å². The minimum atomic E-state index is -0.190. The molecular weight excluding hydrogens is 179 g/mol. The molecule has 0 aromatic carbocycles. The van der Waals surface area contributed by atoms with Gasteiger partial charge in [0.25, 0.3) is 5.56 Å². The number of hydrogen-bond acceptors (Lipinski definition) is 4. The lowest BCUT2D eigenvalue weighted by molar-refractivity contribution is 0.951. The number of hydrogen-bond donors (Lipinski definition) is 0. The van der Waals surface area contributed by atoms with Gasteiger partial charge in [-0.25, -0.2) is 9.98 Å². The van der Waals surface area contributed by atoms with Crippen LogP contribution in [0.1, 0.15) is 5.82 Å². The highest BCUT2D eigenvalue weighted by molar-refractivity contribution is 6.07. The summed E-state index contributed by atoms with van der Waals surface area (Å²) in [5.41, 5.74) is 0.0731. The molecule has 0 saturated heterocycles. The molecule has 0 atom stereocenters. The summed E-state index contributed by atoms with van der Waals surface area (Å²) in [6.07, 6.45) is 3.02. The molecule has 2 rings (SSSR count). The lowest BCUT2D eigenvalue weighted by Crippen LogP contribution is -2.21. The predicted molar refractivity (Wildman–Crippen MR) is 57.0 cm³/mol. The first-order chi connectivity index (χ1) is 6.70. The third-order valence-corrected chi connectivity index (χ3v) is 2.00. The van der Waals surface area contributed by atoms with E-state index in [0.717, 1.165) is 0 Å². The van der Waals surface area contributed by atoms with E-state index in [1.807, 2.05) is 0 Å². The van der Waals surface area contributed by atoms with Crippen molar-refractivity contribution in [1.82, 2.24) is 9.46 Å². The zero-order chi connectivity index (χ0) is 10.1. The van der Waals surface area contributed by atoms with Crippen LogP contribution in [0.2, 0.25) is 0 Å². The van der Waals surface area contributed by atoms with E-state index in [1.165, 1.54) is 16.8 Å². The van der Waals surface area contributed by atoms with Gasteiger partial charge in [0, 0.05) is 12.3 Å². The highest BCUT2D eigenvalue weighted by Gasteiger charge is 2.10. The van der Waals surface area contributed by atoms with Crippen molar-refractivity contribution in [3.05, 3.63) is 22.3 Å². The van der Waals surface area contributed by atoms with Gasteiger partial charge >= 0.3 is 0 Å². The Morgan fingerprint density at radius 1 is 1.57 bits per heavy atom. The Kier molecular flexibility index (Phi) is 1.91. The number of fused-ring (bicyclic) bond motifs is 1. The minimum Gasteiger partial charge on any atom is -0.348 e. The lowest BCUT2D eigenvalue weighted by atomic mass is 10.3. The number of rotatable bonds is 0. The Bertz CT molecular complexity index is 537. The first kappa shape index (κ1) is 8.65. The largest absolute Gasteiger partial charge is 0.348 e. The smallest absolute Gasteiger partial charge is 0.269 e. The van der Waals surface area contributed by atoms with Crippen LogP contribution in [-0.4, -0.2) is 29.5 Å². The van der Waals surface area contributed by atoms with Crippen LogP contribution in [0.25, 0.3) is 0 Å². The maximum absolute atomic E-state index is 11.7. The lowest BCUT2D eigenvalue weighted by Gasteiger charge is -2.04. The Morgan fingerprint density at radius 3 is 3.14 bits per heavy atom. The number of allylic oxidation sites excluding steroid dienone is 1. The molecule has 0 fully saturated rings. The summed E-state index contributed by atoms with van der Waals surface area (Å²) in [5.74, 6) is 3.55. The number of aromatic nitrogens is 2. The number of aliphatic imine (C=N–C) groups is 2. The molecule has 0 bridgehead atoms. The van der Waals surface area contributed by atoms with Crippen LogP contribution in [0.3, 0.4) is 0 Å². The Labute approximate surface area is 81.0 Å². The van der Waals surface area contributed by atoms with Crippen LogP contribution in [0.4, 0.5) is 11.5 Å². The molecule has 2 heterocycles. The second-order valence-corrected chi connectivity index (χ2v) is 2.88. The second-order valence-electron chi connectivity index (χ2n) is 2.88. The van der Waals surface area contributed by atoms with E-state index in [-0.39, 0.29) is 11.2 Å². The first-order valence-corrected chi connectivity index (χ1v) is 4.10. The summed E-state index contributed by atoms with van der Waals surface area (Å²) < 4.78 is 1.44. The maximum Gasteiger partial charge on any atom is 0.269 e. The highest BCUT2D eigenvalue weighted by atomic mass is 16.1. The molecule has 0 amide bonds. The number of nitrogens with zero attached hydrogens (tertiary/aromatic N) is 4. The normalized spacial score (nSPS) is 12.6. The Balaban J connectivity index is 2.86. The first-order valence-electron chi connectivity index (χ1n) is 4.10. The van der Waals surface area contributed by atoms with Gasteiger partial charge in [-0.3, -0.25) is 4.79 Å². The number of aryl methyl sites for hydroxylation is 1. The fraction of sp³-hybridized carbons (Fsp3) is 0.125. The summed E-state index contributed by atoms with van der Waals surface area (Å²) >= 11 is 0. The molecule has 6 heteroatoms. The molecule has 1 aromatic heterocycles. The summed E-state index contributed by atoms with van der Waals surface area (Å²) in [5, 5.41) is 0. The summed E-state index contributed by atoms with van der Waals surface area (Å²) in [6.45, 7) is 1.75. The third kappa shape index (κ3) is 1.22. The fourth-order valence-electron chi connectivity index (χ4n) is 1.12. The van der Waals surface area contributed by atoms with E-state index in [9.17, 15) is 4.79 Å². The molecule has 0 aliphatic carbocycles. The van der Waals surface area contributed by atoms with Crippen LogP contribution in [0.15, 0.2) is 20.9 Å². The topological polar surface area (TPSA) is 59.6 Å². The zero-order valence-electron chi connectivity index (χ0n) is 7.85. The van der Waals surface area contributed by atoms with Crippen LogP contribution in [0.5, 0.6) is 0 Å². The molecule has 1 aliphatic rings. The minimum absolute atomic E-state index is 0.190. The van der Waals surface area contributed by atoms with Gasteiger partial charge in [0.1, 0.15) is 0 Å². The average Bonchev–Trinajstić information content (AvgIpc) is 2.39. The van der Waals surface area contributed by atoms with Crippen molar-refractivity contribution in [3.8, 4) is 0 Å². The van der Waals surface area contributed by atoms with Gasteiger partial charge in [-0.05, 0) is 12.8 Å². The Hall–Kier alpha value is -1.94. The van der Waals surface area contributed by atoms with Crippen molar-refractivity contribution in [2.45, 2.75) is 6.92 Å². The van der Waals surface area contributed by atoms with Gasteiger partial charge in [0.15, 0.2) is 11.5 Å². The molecular formula is C8H7BN4O. The fourth-order valence-corrected chi connectivity index (χ4v) is 1.12. The quantitative estimate of drug-likeness (QED) is 0.513. The highest BCUT2D eigenvalue weighted by Crippen LogP contribution is 2.20. The van der Waals surface area contributed by atoms with Crippen LogP contribution in [0, 0.1) is 6.92 Å². The Morgan fingerprint density at radius 2 is 2.36 bits per heavy atom. The third-order valence-electron chi connectivity index (χ3n) is 2.00. The molecule has 0 saturated carbocycles. The van der Waals surface area contributed by atoms with Gasteiger partial charge in [-0.15, -0.1) is 0 Å². The van der Waals surface area contributed by atoms with Crippen molar-refractivity contribution in [3.63, 3.8) is 0 Å². The van der Waals surface area contributed by atoms with E-state index >= 15 is 0 Å². The van der Waals surface area contributed by atoms with Crippen molar-refractivity contribution in [1.29, 1.82) is 0 Å². The second kappa shape index (κ2) is 3.08. The van der Waals surface area contributed by atoms with E-state index in [4.69, 9.17) is 0 Å². The van der Waals surface area contributed by atoms with Crippen molar-refractivity contribution in [2.24, 2.45) is 9.98 Å². The average molecular weight is 186 g/mol. The van der Waals surface area contributed by atoms with E-state index in [1.54, 1.807) is 14.9 Å². The van der Waals surface area contributed by atoms with Crippen LogP contribution in [-0.2, 0) is 0 Å².